The molecular weight excluding hydrogens is 256 g/mol. The summed E-state index contributed by atoms with van der Waals surface area (Å²) in [6.45, 7) is 0.502. The maximum atomic E-state index is 11.3. The number of aliphatic hydroxyl groups excluding tert-OH is 1. The highest BCUT2D eigenvalue weighted by molar-refractivity contribution is 5.98. The Kier molecular flexibility index (Phi) is 4.17. The summed E-state index contributed by atoms with van der Waals surface area (Å²) in [7, 11) is 0. The standard InChI is InChI=1S/C14H16N4O2/c15-11-5-12(13(16)20)14(18-7-11)17-6-9-1-3-10(8-19)4-2-9/h1-5,7,19H,6,8,15H2,(H2,16,20)(H,17,18). The summed E-state index contributed by atoms with van der Waals surface area (Å²) < 4.78 is 0. The third-order valence-corrected chi connectivity index (χ3v) is 2.84. The number of nitrogen functional groups attached to an aromatic ring is 1. The first-order chi connectivity index (χ1) is 9.60. The van der Waals surface area contributed by atoms with Crippen LogP contribution in [0.1, 0.15) is 21.5 Å². The smallest absolute Gasteiger partial charge is 0.252 e. The number of anilines is 2. The van der Waals surface area contributed by atoms with Gasteiger partial charge in [0.15, 0.2) is 0 Å². The van der Waals surface area contributed by atoms with Gasteiger partial charge in [0, 0.05) is 6.54 Å². The molecule has 0 aliphatic rings. The van der Waals surface area contributed by atoms with Crippen molar-refractivity contribution in [1.29, 1.82) is 0 Å². The molecule has 6 N–H and O–H groups in total. The van der Waals surface area contributed by atoms with Crippen molar-refractivity contribution in [3.63, 3.8) is 0 Å². The zero-order valence-corrected chi connectivity index (χ0v) is 10.8. The first-order valence-corrected chi connectivity index (χ1v) is 6.08. The molecule has 0 bridgehead atoms. The van der Waals surface area contributed by atoms with E-state index < -0.39 is 5.91 Å². The van der Waals surface area contributed by atoms with E-state index in [0.29, 0.717) is 18.1 Å². The number of rotatable bonds is 5. The largest absolute Gasteiger partial charge is 0.397 e. The quantitative estimate of drug-likeness (QED) is 0.644. The number of nitrogens with zero attached hydrogens (tertiary/aromatic N) is 1. The van der Waals surface area contributed by atoms with Crippen molar-refractivity contribution in [2.45, 2.75) is 13.2 Å². The summed E-state index contributed by atoms with van der Waals surface area (Å²) in [5.41, 5.74) is 13.4. The van der Waals surface area contributed by atoms with Crippen molar-refractivity contribution >= 4 is 17.4 Å². The maximum Gasteiger partial charge on any atom is 0.252 e. The summed E-state index contributed by atoms with van der Waals surface area (Å²) >= 11 is 0. The van der Waals surface area contributed by atoms with Gasteiger partial charge in [-0.2, -0.15) is 0 Å². The Balaban J connectivity index is 2.12. The average molecular weight is 272 g/mol. The van der Waals surface area contributed by atoms with Crippen LogP contribution in [0.3, 0.4) is 0 Å². The molecule has 0 atom stereocenters. The predicted octanol–water partition coefficient (Wildman–Crippen LogP) is 0.867. The normalized spacial score (nSPS) is 10.2. The van der Waals surface area contributed by atoms with Crippen LogP contribution in [0, 0.1) is 0 Å². The first kappa shape index (κ1) is 13.8. The molecule has 20 heavy (non-hydrogen) atoms. The minimum Gasteiger partial charge on any atom is -0.397 e. The fourth-order valence-corrected chi connectivity index (χ4v) is 1.76. The molecule has 0 radical (unpaired) electrons. The van der Waals surface area contributed by atoms with Crippen molar-refractivity contribution in [3.8, 4) is 0 Å². The molecule has 1 aromatic carbocycles. The van der Waals surface area contributed by atoms with Gasteiger partial charge in [-0.15, -0.1) is 0 Å². The van der Waals surface area contributed by atoms with Crippen LogP contribution in [-0.4, -0.2) is 16.0 Å². The van der Waals surface area contributed by atoms with Gasteiger partial charge in [0.25, 0.3) is 5.91 Å². The Bertz CT molecular complexity index is 611. The summed E-state index contributed by atoms with van der Waals surface area (Å²) in [5.74, 6) is -0.180. The lowest BCUT2D eigenvalue weighted by atomic mass is 10.1. The first-order valence-electron chi connectivity index (χ1n) is 6.08. The van der Waals surface area contributed by atoms with Crippen molar-refractivity contribution in [3.05, 3.63) is 53.2 Å². The van der Waals surface area contributed by atoms with E-state index in [1.807, 2.05) is 24.3 Å². The lowest BCUT2D eigenvalue weighted by Crippen LogP contribution is -2.16. The highest BCUT2D eigenvalue weighted by atomic mass is 16.3. The van der Waals surface area contributed by atoms with Crippen LogP contribution >= 0.6 is 0 Å². The molecule has 1 amide bonds. The number of pyridine rings is 1. The summed E-state index contributed by atoms with van der Waals surface area (Å²) in [6.07, 6.45) is 1.46. The number of aromatic nitrogens is 1. The highest BCUT2D eigenvalue weighted by Gasteiger charge is 2.09. The second kappa shape index (κ2) is 6.03. The SMILES string of the molecule is NC(=O)c1cc(N)cnc1NCc1ccc(CO)cc1. The Hall–Kier alpha value is -2.60. The third-order valence-electron chi connectivity index (χ3n) is 2.84. The number of nitrogens with one attached hydrogen (secondary N) is 1. The van der Waals surface area contributed by atoms with E-state index in [-0.39, 0.29) is 12.2 Å². The molecule has 0 aliphatic heterocycles. The molecule has 6 heteroatoms. The monoisotopic (exact) mass is 272 g/mol. The predicted molar refractivity (Wildman–Crippen MR) is 76.9 cm³/mol. The molecule has 104 valence electrons. The Labute approximate surface area is 116 Å². The number of hydrogen-bond acceptors (Lipinski definition) is 5. The fraction of sp³-hybridized carbons (Fsp3) is 0.143. The minimum absolute atomic E-state index is 0.0129. The van der Waals surface area contributed by atoms with E-state index in [4.69, 9.17) is 16.6 Å². The summed E-state index contributed by atoms with van der Waals surface area (Å²) in [5, 5.41) is 12.0. The number of hydrogen-bond donors (Lipinski definition) is 4. The second-order valence-corrected chi connectivity index (χ2v) is 4.36. The molecular formula is C14H16N4O2. The van der Waals surface area contributed by atoms with E-state index in [0.717, 1.165) is 11.1 Å². The third kappa shape index (κ3) is 3.24. The van der Waals surface area contributed by atoms with Crippen LogP contribution in [-0.2, 0) is 13.2 Å². The molecule has 0 spiro atoms. The number of amides is 1. The number of carbonyl (C=O) groups is 1. The van der Waals surface area contributed by atoms with Gasteiger partial charge in [-0.05, 0) is 17.2 Å². The fourth-order valence-electron chi connectivity index (χ4n) is 1.76. The molecule has 2 aromatic rings. The van der Waals surface area contributed by atoms with E-state index in [1.54, 1.807) is 0 Å². The van der Waals surface area contributed by atoms with Gasteiger partial charge < -0.3 is 21.9 Å². The van der Waals surface area contributed by atoms with Crippen molar-refractivity contribution in [1.82, 2.24) is 4.98 Å². The number of nitrogens with two attached hydrogens (primary N) is 2. The molecule has 0 aliphatic carbocycles. The second-order valence-electron chi connectivity index (χ2n) is 4.36. The number of carbonyl (C=O) groups excluding carboxylic acids is 1. The molecule has 0 fully saturated rings. The molecule has 1 aromatic heterocycles. The molecule has 0 saturated heterocycles. The number of aliphatic hydroxyl groups is 1. The Morgan fingerprint density at radius 1 is 1.25 bits per heavy atom. The van der Waals surface area contributed by atoms with Crippen molar-refractivity contribution in [2.24, 2.45) is 5.73 Å². The van der Waals surface area contributed by atoms with Gasteiger partial charge in [-0.3, -0.25) is 4.79 Å². The maximum absolute atomic E-state index is 11.3. The van der Waals surface area contributed by atoms with Gasteiger partial charge in [0.1, 0.15) is 5.82 Å². The topological polar surface area (TPSA) is 114 Å². The van der Waals surface area contributed by atoms with Gasteiger partial charge >= 0.3 is 0 Å². The molecule has 2 rings (SSSR count). The molecule has 0 saturated carbocycles. The van der Waals surface area contributed by atoms with Crippen LogP contribution in [0.5, 0.6) is 0 Å². The zero-order chi connectivity index (χ0) is 14.5. The number of benzene rings is 1. The lowest BCUT2D eigenvalue weighted by molar-refractivity contribution is 0.100. The highest BCUT2D eigenvalue weighted by Crippen LogP contribution is 2.16. The summed E-state index contributed by atoms with van der Waals surface area (Å²) in [4.78, 5) is 15.4. The van der Waals surface area contributed by atoms with Crippen molar-refractivity contribution < 1.29 is 9.90 Å². The summed E-state index contributed by atoms with van der Waals surface area (Å²) in [6, 6.07) is 8.94. The van der Waals surface area contributed by atoms with E-state index in [1.165, 1.54) is 12.3 Å². The number of primary amides is 1. The van der Waals surface area contributed by atoms with Gasteiger partial charge in [-0.1, -0.05) is 24.3 Å². The average Bonchev–Trinajstić information content (AvgIpc) is 2.46. The molecule has 0 unspecified atom stereocenters. The molecule has 1 heterocycles. The van der Waals surface area contributed by atoms with Crippen LogP contribution in [0.4, 0.5) is 11.5 Å². The minimum atomic E-state index is -0.581. The Morgan fingerprint density at radius 2 is 1.90 bits per heavy atom. The van der Waals surface area contributed by atoms with Crippen LogP contribution in [0.2, 0.25) is 0 Å². The molecule has 6 nitrogen and oxygen atoms in total. The van der Waals surface area contributed by atoms with E-state index in [9.17, 15) is 4.79 Å². The van der Waals surface area contributed by atoms with Crippen LogP contribution < -0.4 is 16.8 Å². The van der Waals surface area contributed by atoms with Gasteiger partial charge in [-0.25, -0.2) is 4.98 Å². The van der Waals surface area contributed by atoms with E-state index >= 15 is 0 Å². The Morgan fingerprint density at radius 3 is 2.50 bits per heavy atom. The van der Waals surface area contributed by atoms with Crippen molar-refractivity contribution in [2.75, 3.05) is 11.1 Å². The van der Waals surface area contributed by atoms with E-state index in [2.05, 4.69) is 10.3 Å². The van der Waals surface area contributed by atoms with Crippen LogP contribution in [0.15, 0.2) is 36.5 Å². The lowest BCUT2D eigenvalue weighted by Gasteiger charge is -2.10. The van der Waals surface area contributed by atoms with Gasteiger partial charge in [0.2, 0.25) is 0 Å². The van der Waals surface area contributed by atoms with Crippen LogP contribution in [0.25, 0.3) is 0 Å². The van der Waals surface area contributed by atoms with Gasteiger partial charge in [0.05, 0.1) is 24.1 Å². The zero-order valence-electron chi connectivity index (χ0n) is 10.8.